The Kier molecular flexibility index (Phi) is 5.82. The normalized spacial score (nSPS) is 15.5. The van der Waals surface area contributed by atoms with E-state index in [-0.39, 0.29) is 5.91 Å². The average molecular weight is 463 g/mol. The minimum Gasteiger partial charge on any atom is -0.495 e. The molecule has 3 aromatic rings. The van der Waals surface area contributed by atoms with Crippen LogP contribution in [0.1, 0.15) is 21.6 Å². The monoisotopic (exact) mass is 462 g/mol. The van der Waals surface area contributed by atoms with Crippen LogP contribution in [0, 0.1) is 0 Å². The molecule has 5 rings (SSSR count). The Bertz CT molecular complexity index is 1230. The zero-order valence-corrected chi connectivity index (χ0v) is 20.1. The Morgan fingerprint density at radius 1 is 1.12 bits per heavy atom. The summed E-state index contributed by atoms with van der Waals surface area (Å²) in [7, 11) is 7.27. The maximum Gasteiger partial charge on any atom is 0.271 e. The van der Waals surface area contributed by atoms with Gasteiger partial charge in [0.2, 0.25) is 5.95 Å². The molecule has 0 atom stereocenters. The summed E-state index contributed by atoms with van der Waals surface area (Å²) in [5.74, 6) is 1.02. The highest BCUT2D eigenvalue weighted by Crippen LogP contribution is 2.36. The van der Waals surface area contributed by atoms with Crippen LogP contribution in [-0.4, -0.2) is 77.9 Å². The van der Waals surface area contributed by atoms with Crippen molar-refractivity contribution in [2.45, 2.75) is 12.8 Å². The first-order valence-corrected chi connectivity index (χ1v) is 11.5. The predicted octanol–water partition coefficient (Wildman–Crippen LogP) is 1.84. The summed E-state index contributed by atoms with van der Waals surface area (Å²) in [5.41, 5.74) is 6.04. The quantitative estimate of drug-likeness (QED) is 0.593. The van der Waals surface area contributed by atoms with E-state index >= 15 is 0 Å². The van der Waals surface area contributed by atoms with Gasteiger partial charge in [-0.2, -0.15) is 5.10 Å². The van der Waals surface area contributed by atoms with Crippen LogP contribution in [0.2, 0.25) is 0 Å². The number of aryl methyl sites for hydroxylation is 2. The molecule has 0 spiro atoms. The van der Waals surface area contributed by atoms with Gasteiger partial charge in [0.25, 0.3) is 5.91 Å². The van der Waals surface area contributed by atoms with Gasteiger partial charge in [0.1, 0.15) is 5.75 Å². The van der Waals surface area contributed by atoms with Crippen molar-refractivity contribution >= 4 is 23.2 Å². The van der Waals surface area contributed by atoms with Crippen molar-refractivity contribution in [3.05, 3.63) is 41.2 Å². The lowest BCUT2D eigenvalue weighted by Crippen LogP contribution is -2.44. The van der Waals surface area contributed by atoms with E-state index in [9.17, 15) is 4.79 Å². The predicted molar refractivity (Wildman–Crippen MR) is 131 cm³/mol. The standard InChI is InChI=1S/C24H30N8O2/c1-25-23(33)21-17-7-5-15-14-26-24(28-20(15)22(17)31(3)29-21)27-18-13-16(6-8-19(18)34-4)32-11-9-30(2)10-12-32/h6,8,13-14H,5,7,9-12H2,1-4H3,(H,25,33)(H,26,27,28). The van der Waals surface area contributed by atoms with Crippen molar-refractivity contribution in [2.24, 2.45) is 7.05 Å². The Labute approximate surface area is 198 Å². The van der Waals surface area contributed by atoms with E-state index < -0.39 is 0 Å². The van der Waals surface area contributed by atoms with Gasteiger partial charge in [-0.05, 0) is 43.7 Å². The molecule has 3 heterocycles. The number of methoxy groups -OCH3 is 1. The number of likely N-dealkylation sites (N-methyl/N-ethyl adjacent to an activating group) is 1. The highest BCUT2D eigenvalue weighted by atomic mass is 16.5. The van der Waals surface area contributed by atoms with Crippen LogP contribution in [0.15, 0.2) is 24.4 Å². The number of aromatic nitrogens is 4. The summed E-state index contributed by atoms with van der Waals surface area (Å²) in [6.45, 7) is 4.03. The van der Waals surface area contributed by atoms with E-state index in [0.717, 1.165) is 78.7 Å². The molecular formula is C24H30N8O2. The van der Waals surface area contributed by atoms with Crippen LogP contribution < -0.4 is 20.3 Å². The van der Waals surface area contributed by atoms with Gasteiger partial charge in [0.05, 0.1) is 24.2 Å². The third kappa shape index (κ3) is 3.94. The maximum atomic E-state index is 12.3. The SMILES string of the molecule is CNC(=O)c1nn(C)c2c1CCc1cnc(Nc3cc(N4CCN(C)CC4)ccc3OC)nc1-2. The zero-order valence-electron chi connectivity index (χ0n) is 20.1. The molecule has 2 aromatic heterocycles. The van der Waals surface area contributed by atoms with Crippen LogP contribution in [0.3, 0.4) is 0 Å². The molecule has 178 valence electrons. The molecule has 0 radical (unpaired) electrons. The van der Waals surface area contributed by atoms with Crippen molar-refractivity contribution in [3.8, 4) is 17.1 Å². The fourth-order valence-corrected chi connectivity index (χ4v) is 4.69. The van der Waals surface area contributed by atoms with Gasteiger partial charge in [-0.25, -0.2) is 9.97 Å². The average Bonchev–Trinajstić information content (AvgIpc) is 3.21. The first-order valence-electron chi connectivity index (χ1n) is 11.5. The summed E-state index contributed by atoms with van der Waals surface area (Å²) in [4.78, 5) is 26.4. The van der Waals surface area contributed by atoms with Gasteiger partial charge in [-0.1, -0.05) is 0 Å². The van der Waals surface area contributed by atoms with Gasteiger partial charge in [0.15, 0.2) is 5.69 Å². The molecule has 2 N–H and O–H groups in total. The highest BCUT2D eigenvalue weighted by Gasteiger charge is 2.28. The van der Waals surface area contributed by atoms with E-state index in [1.807, 2.05) is 19.3 Å². The van der Waals surface area contributed by atoms with Gasteiger partial charge in [-0.15, -0.1) is 0 Å². The number of ether oxygens (including phenoxy) is 1. The van der Waals surface area contributed by atoms with E-state index in [1.54, 1.807) is 18.8 Å². The number of piperazine rings is 1. The molecule has 2 aliphatic rings. The fraction of sp³-hybridized carbons (Fsp3) is 0.417. The van der Waals surface area contributed by atoms with Crippen molar-refractivity contribution in [1.29, 1.82) is 0 Å². The Morgan fingerprint density at radius 3 is 2.65 bits per heavy atom. The first kappa shape index (κ1) is 22.1. The zero-order chi connectivity index (χ0) is 23.8. The van der Waals surface area contributed by atoms with Crippen molar-refractivity contribution < 1.29 is 9.53 Å². The Balaban J connectivity index is 1.48. The van der Waals surface area contributed by atoms with E-state index in [0.29, 0.717) is 11.6 Å². The number of nitrogens with one attached hydrogen (secondary N) is 2. The number of hydrogen-bond acceptors (Lipinski definition) is 8. The minimum absolute atomic E-state index is 0.182. The number of anilines is 3. The molecule has 1 aromatic carbocycles. The molecule has 0 saturated carbocycles. The van der Waals surface area contributed by atoms with Crippen molar-refractivity contribution in [2.75, 3.05) is 57.6 Å². The number of benzene rings is 1. The third-order valence-electron chi connectivity index (χ3n) is 6.62. The summed E-state index contributed by atoms with van der Waals surface area (Å²) in [6.07, 6.45) is 3.35. The van der Waals surface area contributed by atoms with E-state index in [1.165, 1.54) is 0 Å². The van der Waals surface area contributed by atoms with Gasteiger partial charge >= 0.3 is 0 Å². The second-order valence-electron chi connectivity index (χ2n) is 8.75. The number of rotatable bonds is 5. The lowest BCUT2D eigenvalue weighted by atomic mass is 9.93. The first-order chi connectivity index (χ1) is 16.5. The smallest absolute Gasteiger partial charge is 0.271 e. The highest BCUT2D eigenvalue weighted by molar-refractivity contribution is 5.95. The summed E-state index contributed by atoms with van der Waals surface area (Å²) in [6, 6.07) is 6.15. The Hall–Kier alpha value is -3.66. The molecule has 10 heteroatoms. The van der Waals surface area contributed by atoms with Crippen LogP contribution in [0.25, 0.3) is 11.4 Å². The van der Waals surface area contributed by atoms with Crippen LogP contribution in [0.5, 0.6) is 5.75 Å². The summed E-state index contributed by atoms with van der Waals surface area (Å²) < 4.78 is 7.34. The molecule has 0 unspecified atom stereocenters. The molecule has 10 nitrogen and oxygen atoms in total. The second-order valence-corrected chi connectivity index (χ2v) is 8.75. The van der Waals surface area contributed by atoms with Crippen LogP contribution in [0.4, 0.5) is 17.3 Å². The van der Waals surface area contributed by atoms with Gasteiger partial charge in [-0.3, -0.25) is 9.48 Å². The fourth-order valence-electron chi connectivity index (χ4n) is 4.69. The van der Waals surface area contributed by atoms with Crippen molar-refractivity contribution in [3.63, 3.8) is 0 Å². The minimum atomic E-state index is -0.182. The van der Waals surface area contributed by atoms with Gasteiger partial charge in [0, 0.05) is 57.7 Å². The molecule has 34 heavy (non-hydrogen) atoms. The number of carbonyl (C=O) groups is 1. The molecule has 1 fully saturated rings. The molecule has 1 aliphatic carbocycles. The van der Waals surface area contributed by atoms with Crippen LogP contribution in [-0.2, 0) is 19.9 Å². The topological polar surface area (TPSA) is 100 Å². The number of carbonyl (C=O) groups excluding carboxylic acids is 1. The van der Waals surface area contributed by atoms with Gasteiger partial charge < -0.3 is 25.2 Å². The number of nitrogens with zero attached hydrogens (tertiary/aromatic N) is 6. The molecule has 1 aliphatic heterocycles. The van der Waals surface area contributed by atoms with Crippen LogP contribution >= 0.6 is 0 Å². The molecule has 1 amide bonds. The molecule has 1 saturated heterocycles. The largest absolute Gasteiger partial charge is 0.495 e. The summed E-state index contributed by atoms with van der Waals surface area (Å²) in [5, 5.41) is 10.5. The third-order valence-corrected chi connectivity index (χ3v) is 6.62. The maximum absolute atomic E-state index is 12.3. The summed E-state index contributed by atoms with van der Waals surface area (Å²) >= 11 is 0. The number of hydrogen-bond donors (Lipinski definition) is 2. The molecular weight excluding hydrogens is 432 g/mol. The number of fused-ring (bicyclic) bond motifs is 3. The second kappa shape index (κ2) is 8.94. The Morgan fingerprint density at radius 2 is 1.91 bits per heavy atom. The van der Waals surface area contributed by atoms with Crippen molar-refractivity contribution in [1.82, 2.24) is 30.0 Å². The lowest BCUT2D eigenvalue weighted by Gasteiger charge is -2.34. The van der Waals surface area contributed by atoms with E-state index in [2.05, 4.69) is 49.7 Å². The number of amides is 1. The van der Waals surface area contributed by atoms with E-state index in [4.69, 9.17) is 9.72 Å². The lowest BCUT2D eigenvalue weighted by molar-refractivity contribution is 0.0956. The molecule has 0 bridgehead atoms.